The minimum atomic E-state index is 0.135. The highest BCUT2D eigenvalue weighted by Crippen LogP contribution is 2.32. The van der Waals surface area contributed by atoms with Crippen molar-refractivity contribution >= 4 is 32.6 Å². The molecule has 0 unspecified atom stereocenters. The molecule has 1 aliphatic carbocycles. The Morgan fingerprint density at radius 2 is 1.80 bits per heavy atom. The van der Waals surface area contributed by atoms with Gasteiger partial charge in [0, 0.05) is 15.8 Å². The van der Waals surface area contributed by atoms with Crippen LogP contribution in [0.5, 0.6) is 0 Å². The Labute approximate surface area is 156 Å². The van der Waals surface area contributed by atoms with Gasteiger partial charge in [-0.1, -0.05) is 61.7 Å². The van der Waals surface area contributed by atoms with Gasteiger partial charge in [0.1, 0.15) is 5.69 Å². The van der Waals surface area contributed by atoms with Crippen LogP contribution in [-0.2, 0) is 6.54 Å². The van der Waals surface area contributed by atoms with E-state index in [1.54, 1.807) is 0 Å². The first-order chi connectivity index (χ1) is 12.2. The van der Waals surface area contributed by atoms with Crippen LogP contribution in [0.25, 0.3) is 10.9 Å². The lowest BCUT2D eigenvalue weighted by Gasteiger charge is -2.19. The van der Waals surface area contributed by atoms with Gasteiger partial charge in [0.05, 0.1) is 12.1 Å². The SMILES string of the molecule is O=C(c1nn(Cc2ccccc2)c2c(Br)cccc12)C1CCCCC1. The number of carbonyl (C=O) groups is 1. The number of para-hydroxylation sites is 1. The highest BCUT2D eigenvalue weighted by molar-refractivity contribution is 9.10. The molecule has 25 heavy (non-hydrogen) atoms. The molecular weight excluding hydrogens is 376 g/mol. The van der Waals surface area contributed by atoms with E-state index in [4.69, 9.17) is 5.10 Å². The lowest BCUT2D eigenvalue weighted by molar-refractivity contribution is 0.0885. The number of ketones is 1. The molecule has 128 valence electrons. The number of halogens is 1. The number of benzene rings is 2. The van der Waals surface area contributed by atoms with Crippen molar-refractivity contribution in [2.45, 2.75) is 38.6 Å². The maximum absolute atomic E-state index is 13.1. The summed E-state index contributed by atoms with van der Waals surface area (Å²) in [6.07, 6.45) is 5.56. The minimum Gasteiger partial charge on any atom is -0.292 e. The molecule has 0 radical (unpaired) electrons. The molecule has 1 saturated carbocycles. The lowest BCUT2D eigenvalue weighted by atomic mass is 9.85. The van der Waals surface area contributed by atoms with E-state index in [1.165, 1.54) is 12.0 Å². The van der Waals surface area contributed by atoms with Gasteiger partial charge in [0.25, 0.3) is 0 Å². The first kappa shape index (κ1) is 16.5. The van der Waals surface area contributed by atoms with Crippen molar-refractivity contribution in [3.8, 4) is 0 Å². The third-order valence-electron chi connectivity index (χ3n) is 5.11. The summed E-state index contributed by atoms with van der Waals surface area (Å²) in [4.78, 5) is 13.1. The first-order valence-electron chi connectivity index (χ1n) is 8.97. The summed E-state index contributed by atoms with van der Waals surface area (Å²) in [7, 11) is 0. The van der Waals surface area contributed by atoms with Gasteiger partial charge in [-0.2, -0.15) is 5.10 Å². The molecule has 1 aromatic heterocycles. The van der Waals surface area contributed by atoms with Gasteiger partial charge in [0.15, 0.2) is 5.78 Å². The predicted octanol–water partition coefficient (Wildman–Crippen LogP) is 5.61. The number of carbonyl (C=O) groups excluding carboxylic acids is 1. The first-order valence-corrected chi connectivity index (χ1v) is 9.76. The average molecular weight is 397 g/mol. The summed E-state index contributed by atoms with van der Waals surface area (Å²) < 4.78 is 2.95. The van der Waals surface area contributed by atoms with Crippen LogP contribution in [0, 0.1) is 5.92 Å². The van der Waals surface area contributed by atoms with Crippen LogP contribution in [0.2, 0.25) is 0 Å². The van der Waals surface area contributed by atoms with E-state index in [1.807, 2.05) is 41.1 Å². The van der Waals surface area contributed by atoms with E-state index in [2.05, 4.69) is 28.1 Å². The zero-order valence-electron chi connectivity index (χ0n) is 14.1. The lowest BCUT2D eigenvalue weighted by Crippen LogP contribution is -2.19. The maximum atomic E-state index is 13.1. The number of Topliss-reactive ketones (excluding diaryl/α,β-unsaturated/α-hetero) is 1. The molecule has 0 saturated heterocycles. The molecule has 0 amide bonds. The van der Waals surface area contributed by atoms with Crippen LogP contribution in [-0.4, -0.2) is 15.6 Å². The molecule has 0 atom stereocenters. The zero-order chi connectivity index (χ0) is 17.2. The molecule has 0 spiro atoms. The molecule has 4 heteroatoms. The summed E-state index contributed by atoms with van der Waals surface area (Å²) in [5.74, 6) is 0.352. The Morgan fingerprint density at radius 3 is 2.56 bits per heavy atom. The molecule has 3 aromatic rings. The molecule has 0 N–H and O–H groups in total. The topological polar surface area (TPSA) is 34.9 Å². The fourth-order valence-corrected chi connectivity index (χ4v) is 4.38. The van der Waals surface area contributed by atoms with Crippen LogP contribution < -0.4 is 0 Å². The van der Waals surface area contributed by atoms with Crippen LogP contribution in [0.1, 0.15) is 48.2 Å². The Hall–Kier alpha value is -1.94. The standard InChI is InChI=1S/C21H21BrN2O/c22-18-13-7-12-17-19(21(25)16-10-5-2-6-11-16)23-24(20(17)18)14-15-8-3-1-4-9-15/h1,3-4,7-9,12-13,16H,2,5-6,10-11,14H2. The average Bonchev–Trinajstić information content (AvgIpc) is 3.02. The Balaban J connectivity index is 1.77. The number of rotatable bonds is 4. The van der Waals surface area contributed by atoms with Gasteiger partial charge in [-0.3, -0.25) is 9.48 Å². The van der Waals surface area contributed by atoms with Crippen molar-refractivity contribution < 1.29 is 4.79 Å². The van der Waals surface area contributed by atoms with Crippen molar-refractivity contribution in [3.05, 3.63) is 64.3 Å². The van der Waals surface area contributed by atoms with E-state index in [0.29, 0.717) is 12.2 Å². The second kappa shape index (κ2) is 7.12. The molecule has 1 fully saturated rings. The molecule has 1 aliphatic rings. The van der Waals surface area contributed by atoms with Crippen molar-refractivity contribution in [2.24, 2.45) is 5.92 Å². The molecule has 1 heterocycles. The predicted molar refractivity (Wildman–Crippen MR) is 104 cm³/mol. The molecule has 3 nitrogen and oxygen atoms in total. The third-order valence-corrected chi connectivity index (χ3v) is 5.75. The van der Waals surface area contributed by atoms with E-state index in [0.717, 1.165) is 41.1 Å². The van der Waals surface area contributed by atoms with Gasteiger partial charge in [-0.15, -0.1) is 0 Å². The minimum absolute atomic E-state index is 0.135. The Bertz CT molecular complexity index is 895. The fourth-order valence-electron chi connectivity index (χ4n) is 3.80. The zero-order valence-corrected chi connectivity index (χ0v) is 15.7. The van der Waals surface area contributed by atoms with Crippen LogP contribution >= 0.6 is 15.9 Å². The largest absolute Gasteiger partial charge is 0.292 e. The third kappa shape index (κ3) is 3.28. The fraction of sp³-hybridized carbons (Fsp3) is 0.333. The number of hydrogen-bond acceptors (Lipinski definition) is 2. The van der Waals surface area contributed by atoms with E-state index < -0.39 is 0 Å². The molecule has 4 rings (SSSR count). The second-order valence-electron chi connectivity index (χ2n) is 6.83. The Kier molecular flexibility index (Phi) is 4.71. The highest BCUT2D eigenvalue weighted by Gasteiger charge is 2.27. The van der Waals surface area contributed by atoms with Gasteiger partial charge >= 0.3 is 0 Å². The second-order valence-corrected chi connectivity index (χ2v) is 7.68. The van der Waals surface area contributed by atoms with E-state index in [-0.39, 0.29) is 11.7 Å². The van der Waals surface area contributed by atoms with Gasteiger partial charge < -0.3 is 0 Å². The maximum Gasteiger partial charge on any atom is 0.186 e. The molecular formula is C21H21BrN2O. The van der Waals surface area contributed by atoms with Crippen LogP contribution in [0.15, 0.2) is 53.0 Å². The number of nitrogens with zero attached hydrogens (tertiary/aromatic N) is 2. The summed E-state index contributed by atoms with van der Waals surface area (Å²) in [6.45, 7) is 0.665. The van der Waals surface area contributed by atoms with Crippen molar-refractivity contribution in [3.63, 3.8) is 0 Å². The van der Waals surface area contributed by atoms with E-state index in [9.17, 15) is 4.79 Å². The smallest absolute Gasteiger partial charge is 0.186 e. The molecule has 0 bridgehead atoms. The van der Waals surface area contributed by atoms with Gasteiger partial charge in [-0.05, 0) is 40.4 Å². The van der Waals surface area contributed by atoms with Crippen molar-refractivity contribution in [1.29, 1.82) is 0 Å². The number of fused-ring (bicyclic) bond motifs is 1. The van der Waals surface area contributed by atoms with Crippen LogP contribution in [0.3, 0.4) is 0 Å². The number of hydrogen-bond donors (Lipinski definition) is 0. The van der Waals surface area contributed by atoms with Gasteiger partial charge in [0.2, 0.25) is 0 Å². The summed E-state index contributed by atoms with van der Waals surface area (Å²) in [5, 5.41) is 5.72. The van der Waals surface area contributed by atoms with Crippen molar-refractivity contribution in [1.82, 2.24) is 9.78 Å². The normalized spacial score (nSPS) is 15.6. The summed E-state index contributed by atoms with van der Waals surface area (Å²) >= 11 is 3.65. The Morgan fingerprint density at radius 1 is 1.04 bits per heavy atom. The van der Waals surface area contributed by atoms with Gasteiger partial charge in [-0.25, -0.2) is 0 Å². The van der Waals surface area contributed by atoms with Crippen molar-refractivity contribution in [2.75, 3.05) is 0 Å². The summed E-state index contributed by atoms with van der Waals surface area (Å²) in [6, 6.07) is 16.3. The van der Waals surface area contributed by atoms with E-state index >= 15 is 0 Å². The quantitative estimate of drug-likeness (QED) is 0.537. The summed E-state index contributed by atoms with van der Waals surface area (Å²) in [5.41, 5.74) is 2.82. The molecule has 2 aromatic carbocycles. The van der Waals surface area contributed by atoms with Crippen LogP contribution in [0.4, 0.5) is 0 Å². The highest BCUT2D eigenvalue weighted by atomic mass is 79.9. The number of aromatic nitrogens is 2. The monoisotopic (exact) mass is 396 g/mol. The molecule has 0 aliphatic heterocycles.